The minimum absolute atomic E-state index is 0.104. The molecule has 1 aliphatic rings. The Hall–Kier alpha value is -1.59. The molecule has 1 saturated carbocycles. The minimum atomic E-state index is -2.33. The molecule has 1 fully saturated rings. The summed E-state index contributed by atoms with van der Waals surface area (Å²) in [6.07, 6.45) is 2.64. The Labute approximate surface area is 156 Å². The van der Waals surface area contributed by atoms with Gasteiger partial charge in [-0.3, -0.25) is 14.4 Å². The van der Waals surface area contributed by atoms with Gasteiger partial charge in [-0.1, -0.05) is 37.1 Å². The number of hydrogen-bond donors (Lipinski definition) is 2. The van der Waals surface area contributed by atoms with Crippen LogP contribution in [0.15, 0.2) is 23.3 Å². The van der Waals surface area contributed by atoms with Gasteiger partial charge in [-0.2, -0.15) is 0 Å². The number of Topliss-reactive ketones (excluding diaryl/α,β-unsaturated/α-hetero) is 3. The molecule has 5 unspecified atom stereocenters. The van der Waals surface area contributed by atoms with Gasteiger partial charge in [0.1, 0.15) is 11.7 Å². The number of aliphatic hydroxyl groups excluding tert-OH is 1. The SMILES string of the molecule is CCC(C)C(=O)C1C(=O)C(O)(C(=O)CC=C(C)C)C(CC=C(C)C)C1O. The number of allylic oxidation sites excluding steroid dienone is 4. The van der Waals surface area contributed by atoms with E-state index in [0.29, 0.717) is 6.42 Å². The maximum Gasteiger partial charge on any atom is 0.187 e. The van der Waals surface area contributed by atoms with Gasteiger partial charge in [0.2, 0.25) is 0 Å². The van der Waals surface area contributed by atoms with Gasteiger partial charge in [0.15, 0.2) is 17.2 Å². The van der Waals surface area contributed by atoms with Crippen LogP contribution in [0.25, 0.3) is 0 Å². The Morgan fingerprint density at radius 2 is 1.69 bits per heavy atom. The van der Waals surface area contributed by atoms with E-state index < -0.39 is 46.8 Å². The Morgan fingerprint density at radius 1 is 1.15 bits per heavy atom. The van der Waals surface area contributed by atoms with Crippen molar-refractivity contribution in [2.45, 2.75) is 72.5 Å². The predicted octanol–water partition coefficient (Wildman–Crippen LogP) is 2.79. The zero-order valence-corrected chi connectivity index (χ0v) is 16.7. The standard InChI is InChI=1S/C21H32O5/c1-7-14(6)18(23)17-19(24)15(10-8-12(2)3)21(26,20(17)25)16(22)11-9-13(4)5/h8-9,14-15,17,19,24,26H,7,10-11H2,1-6H3. The molecule has 0 bridgehead atoms. The molecule has 0 spiro atoms. The van der Waals surface area contributed by atoms with Crippen molar-refractivity contribution in [3.05, 3.63) is 23.3 Å². The highest BCUT2D eigenvalue weighted by atomic mass is 16.3. The molecule has 0 saturated heterocycles. The van der Waals surface area contributed by atoms with Gasteiger partial charge in [-0.25, -0.2) is 0 Å². The van der Waals surface area contributed by atoms with Crippen molar-refractivity contribution in [2.24, 2.45) is 17.8 Å². The summed E-state index contributed by atoms with van der Waals surface area (Å²) < 4.78 is 0. The largest absolute Gasteiger partial charge is 0.391 e. The van der Waals surface area contributed by atoms with Crippen LogP contribution in [-0.2, 0) is 14.4 Å². The maximum atomic E-state index is 12.9. The molecule has 146 valence electrons. The molecule has 0 aromatic heterocycles. The molecule has 26 heavy (non-hydrogen) atoms. The van der Waals surface area contributed by atoms with E-state index in [1.165, 1.54) is 0 Å². The van der Waals surface area contributed by atoms with Gasteiger partial charge in [-0.05, 0) is 40.5 Å². The third-order valence-corrected chi connectivity index (χ3v) is 5.25. The topological polar surface area (TPSA) is 91.7 Å². The van der Waals surface area contributed by atoms with Gasteiger partial charge in [-0.15, -0.1) is 0 Å². The zero-order chi connectivity index (χ0) is 20.2. The van der Waals surface area contributed by atoms with Crippen molar-refractivity contribution in [1.29, 1.82) is 0 Å². The van der Waals surface area contributed by atoms with Crippen LogP contribution in [0.2, 0.25) is 0 Å². The van der Waals surface area contributed by atoms with E-state index in [-0.39, 0.29) is 12.8 Å². The molecular formula is C21H32O5. The molecule has 0 aliphatic heterocycles. The van der Waals surface area contributed by atoms with E-state index in [1.54, 1.807) is 19.1 Å². The molecule has 2 N–H and O–H groups in total. The number of carbonyl (C=O) groups excluding carboxylic acids is 3. The van der Waals surface area contributed by atoms with Gasteiger partial charge in [0, 0.05) is 18.3 Å². The van der Waals surface area contributed by atoms with Gasteiger partial charge >= 0.3 is 0 Å². The maximum absolute atomic E-state index is 12.9. The lowest BCUT2D eigenvalue weighted by Crippen LogP contribution is -2.50. The first-order valence-corrected chi connectivity index (χ1v) is 9.26. The lowest BCUT2D eigenvalue weighted by Gasteiger charge is -2.27. The molecule has 0 heterocycles. The summed E-state index contributed by atoms with van der Waals surface area (Å²) in [7, 11) is 0. The normalized spacial score (nSPS) is 29.2. The fourth-order valence-corrected chi connectivity index (χ4v) is 3.33. The molecule has 0 radical (unpaired) electrons. The highest BCUT2D eigenvalue weighted by Crippen LogP contribution is 2.42. The number of aliphatic hydroxyl groups is 2. The van der Waals surface area contributed by atoms with Crippen molar-refractivity contribution >= 4 is 17.3 Å². The summed E-state index contributed by atoms with van der Waals surface area (Å²) in [4.78, 5) is 38.3. The molecule has 0 aromatic rings. The van der Waals surface area contributed by atoms with Crippen LogP contribution in [-0.4, -0.2) is 39.3 Å². The summed E-state index contributed by atoms with van der Waals surface area (Å²) in [5.41, 5.74) is -0.494. The Bertz CT molecular complexity index is 622. The average molecular weight is 364 g/mol. The second kappa shape index (κ2) is 8.87. The van der Waals surface area contributed by atoms with Crippen LogP contribution in [0.5, 0.6) is 0 Å². The highest BCUT2D eigenvalue weighted by molar-refractivity contribution is 6.20. The number of rotatable bonds is 8. The van der Waals surface area contributed by atoms with Gasteiger partial charge in [0.05, 0.1) is 6.10 Å². The molecule has 0 aromatic carbocycles. The third-order valence-electron chi connectivity index (χ3n) is 5.25. The second-order valence-corrected chi connectivity index (χ2v) is 7.84. The lowest BCUT2D eigenvalue weighted by atomic mass is 9.81. The van der Waals surface area contributed by atoms with Crippen LogP contribution in [0.1, 0.15) is 60.8 Å². The summed E-state index contributed by atoms with van der Waals surface area (Å²) in [5.74, 6) is -4.69. The monoisotopic (exact) mass is 364 g/mol. The van der Waals surface area contributed by atoms with E-state index >= 15 is 0 Å². The first kappa shape index (κ1) is 22.5. The fourth-order valence-electron chi connectivity index (χ4n) is 3.33. The minimum Gasteiger partial charge on any atom is -0.391 e. The van der Waals surface area contributed by atoms with Crippen molar-refractivity contribution in [3.63, 3.8) is 0 Å². The molecule has 5 atom stereocenters. The summed E-state index contributed by atoms with van der Waals surface area (Å²) in [6.45, 7) is 10.9. The summed E-state index contributed by atoms with van der Waals surface area (Å²) in [6, 6.07) is 0. The van der Waals surface area contributed by atoms with Crippen molar-refractivity contribution in [1.82, 2.24) is 0 Å². The second-order valence-electron chi connectivity index (χ2n) is 7.84. The first-order valence-electron chi connectivity index (χ1n) is 9.26. The Balaban J connectivity index is 3.34. The summed E-state index contributed by atoms with van der Waals surface area (Å²) >= 11 is 0. The van der Waals surface area contributed by atoms with Gasteiger partial charge < -0.3 is 10.2 Å². The predicted molar refractivity (Wildman–Crippen MR) is 101 cm³/mol. The van der Waals surface area contributed by atoms with Crippen molar-refractivity contribution < 1.29 is 24.6 Å². The van der Waals surface area contributed by atoms with Crippen molar-refractivity contribution in [3.8, 4) is 0 Å². The quantitative estimate of drug-likeness (QED) is 0.510. The average Bonchev–Trinajstić information content (AvgIpc) is 2.76. The number of carbonyl (C=O) groups is 3. The van der Waals surface area contributed by atoms with Crippen LogP contribution >= 0.6 is 0 Å². The molecular weight excluding hydrogens is 332 g/mol. The molecule has 0 amide bonds. The molecule has 1 rings (SSSR count). The smallest absolute Gasteiger partial charge is 0.187 e. The summed E-state index contributed by atoms with van der Waals surface area (Å²) in [5, 5.41) is 21.8. The number of hydrogen-bond acceptors (Lipinski definition) is 5. The van der Waals surface area contributed by atoms with Crippen LogP contribution in [0.4, 0.5) is 0 Å². The number of ketones is 3. The van der Waals surface area contributed by atoms with E-state index in [1.807, 2.05) is 34.6 Å². The van der Waals surface area contributed by atoms with E-state index in [4.69, 9.17) is 0 Å². The Kier molecular flexibility index (Phi) is 7.66. The molecule has 5 nitrogen and oxygen atoms in total. The van der Waals surface area contributed by atoms with Crippen molar-refractivity contribution in [2.75, 3.05) is 0 Å². The van der Waals surface area contributed by atoms with Crippen LogP contribution in [0, 0.1) is 17.8 Å². The molecule has 1 aliphatic carbocycles. The van der Waals surface area contributed by atoms with Gasteiger partial charge in [0.25, 0.3) is 0 Å². The molecule has 5 heteroatoms. The Morgan fingerprint density at radius 3 is 2.15 bits per heavy atom. The van der Waals surface area contributed by atoms with E-state index in [9.17, 15) is 24.6 Å². The lowest BCUT2D eigenvalue weighted by molar-refractivity contribution is -0.153. The highest BCUT2D eigenvalue weighted by Gasteiger charge is 2.64. The van der Waals surface area contributed by atoms with Crippen LogP contribution < -0.4 is 0 Å². The third kappa shape index (κ3) is 4.38. The zero-order valence-electron chi connectivity index (χ0n) is 16.7. The van der Waals surface area contributed by atoms with Crippen LogP contribution in [0.3, 0.4) is 0 Å². The van der Waals surface area contributed by atoms with E-state index in [0.717, 1.165) is 11.1 Å². The fraction of sp³-hybridized carbons (Fsp3) is 0.667. The van der Waals surface area contributed by atoms with E-state index in [2.05, 4.69) is 0 Å². The first-order chi connectivity index (χ1) is 12.0.